The first-order valence-electron chi connectivity index (χ1n) is 12.9. The van der Waals surface area contributed by atoms with Crippen molar-refractivity contribution in [2.24, 2.45) is 5.10 Å². The summed E-state index contributed by atoms with van der Waals surface area (Å²) in [4.78, 5) is 25.6. The van der Waals surface area contributed by atoms with Gasteiger partial charge in [0.1, 0.15) is 18.1 Å². The lowest BCUT2D eigenvalue weighted by atomic mass is 10.0. The van der Waals surface area contributed by atoms with Crippen LogP contribution in [0.1, 0.15) is 43.0 Å². The summed E-state index contributed by atoms with van der Waals surface area (Å²) >= 11 is 0. The summed E-state index contributed by atoms with van der Waals surface area (Å²) in [6.07, 6.45) is 1.50. The summed E-state index contributed by atoms with van der Waals surface area (Å²) in [6.45, 7) is 4.40. The van der Waals surface area contributed by atoms with Crippen molar-refractivity contribution < 1.29 is 19.1 Å². The Morgan fingerprint density at radius 2 is 1.55 bits per heavy atom. The maximum atomic E-state index is 12.8. The van der Waals surface area contributed by atoms with Crippen LogP contribution in [-0.2, 0) is 6.61 Å². The van der Waals surface area contributed by atoms with Gasteiger partial charge in [-0.05, 0) is 72.6 Å². The highest BCUT2D eigenvalue weighted by atomic mass is 16.5. The molecule has 0 atom stereocenters. The van der Waals surface area contributed by atoms with Crippen molar-refractivity contribution in [3.63, 3.8) is 0 Å². The highest BCUT2D eigenvalue weighted by Crippen LogP contribution is 2.27. The van der Waals surface area contributed by atoms with Gasteiger partial charge in [-0.25, -0.2) is 10.2 Å². The second kappa shape index (κ2) is 12.1. The number of fused-ring (bicyclic) bond motifs is 1. The Kier molecular flexibility index (Phi) is 7.97. The van der Waals surface area contributed by atoms with Crippen LogP contribution >= 0.6 is 0 Å². The van der Waals surface area contributed by atoms with Gasteiger partial charge in [0.05, 0.1) is 11.8 Å². The third kappa shape index (κ3) is 6.42. The van der Waals surface area contributed by atoms with Crippen molar-refractivity contribution in [2.45, 2.75) is 20.5 Å². The Balaban J connectivity index is 1.28. The third-order valence-corrected chi connectivity index (χ3v) is 6.39. The molecule has 6 nitrogen and oxygen atoms in total. The van der Waals surface area contributed by atoms with Gasteiger partial charge in [-0.1, -0.05) is 77.9 Å². The summed E-state index contributed by atoms with van der Waals surface area (Å²) in [5.74, 6) is 0.164. The van der Waals surface area contributed by atoms with E-state index in [1.165, 1.54) is 11.8 Å². The zero-order valence-electron chi connectivity index (χ0n) is 22.3. The molecular formula is C34H28N2O4. The van der Waals surface area contributed by atoms with Crippen molar-refractivity contribution >= 4 is 28.9 Å². The van der Waals surface area contributed by atoms with Crippen molar-refractivity contribution in [1.29, 1.82) is 0 Å². The fourth-order valence-electron chi connectivity index (χ4n) is 4.20. The lowest BCUT2D eigenvalue weighted by molar-refractivity contribution is 0.0734. The zero-order chi connectivity index (χ0) is 27.9. The van der Waals surface area contributed by atoms with Gasteiger partial charge >= 0.3 is 5.97 Å². The van der Waals surface area contributed by atoms with E-state index in [2.05, 4.69) is 10.5 Å². The van der Waals surface area contributed by atoms with Gasteiger partial charge in [0.25, 0.3) is 5.91 Å². The fourth-order valence-corrected chi connectivity index (χ4v) is 4.20. The maximum absolute atomic E-state index is 12.8. The number of nitrogens with zero attached hydrogens (tertiary/aromatic N) is 1. The molecule has 40 heavy (non-hydrogen) atoms. The molecule has 5 aromatic carbocycles. The van der Waals surface area contributed by atoms with Gasteiger partial charge in [-0.2, -0.15) is 5.10 Å². The minimum Gasteiger partial charge on any atom is -0.489 e. The molecule has 0 radical (unpaired) electrons. The molecule has 198 valence electrons. The topological polar surface area (TPSA) is 77.0 Å². The molecule has 0 aliphatic carbocycles. The number of esters is 1. The largest absolute Gasteiger partial charge is 0.489 e. The highest BCUT2D eigenvalue weighted by molar-refractivity contribution is 6.04. The average molecular weight is 529 g/mol. The Bertz CT molecular complexity index is 1690. The molecule has 5 aromatic rings. The quantitative estimate of drug-likeness (QED) is 0.102. The molecule has 6 heteroatoms. The van der Waals surface area contributed by atoms with Crippen molar-refractivity contribution in [2.75, 3.05) is 0 Å². The van der Waals surface area contributed by atoms with E-state index in [9.17, 15) is 9.59 Å². The van der Waals surface area contributed by atoms with E-state index in [1.54, 1.807) is 42.5 Å². The van der Waals surface area contributed by atoms with Crippen LogP contribution in [0.3, 0.4) is 0 Å². The van der Waals surface area contributed by atoms with Crippen LogP contribution in [0.5, 0.6) is 11.5 Å². The van der Waals surface area contributed by atoms with Gasteiger partial charge in [0.15, 0.2) is 0 Å². The number of carbonyl (C=O) groups is 2. The van der Waals surface area contributed by atoms with Gasteiger partial charge in [0.2, 0.25) is 0 Å². The standard InChI is InChI=1S/C34H28N2O4/c1-23-10-12-25(13-11-23)22-39-29-17-14-27(15-18-29)33(37)36-35-21-31-30-9-4-3-7-26(30)16-19-32(31)40-34(38)28-8-5-6-24(2)20-28/h3-21H,22H2,1-2H3,(H,36,37). The predicted octanol–water partition coefficient (Wildman–Crippen LogP) is 7.02. The molecule has 0 fully saturated rings. The predicted molar refractivity (Wildman–Crippen MR) is 157 cm³/mol. The molecule has 0 bridgehead atoms. The van der Waals surface area contributed by atoms with Crippen LogP contribution in [0.25, 0.3) is 10.8 Å². The molecule has 0 heterocycles. The minimum absolute atomic E-state index is 0.346. The Morgan fingerprint density at radius 3 is 2.33 bits per heavy atom. The number of ether oxygens (including phenoxy) is 2. The summed E-state index contributed by atoms with van der Waals surface area (Å²) < 4.78 is 11.6. The molecule has 0 unspecified atom stereocenters. The molecular weight excluding hydrogens is 500 g/mol. The Hall–Kier alpha value is -5.23. The van der Waals surface area contributed by atoms with Crippen LogP contribution in [0, 0.1) is 13.8 Å². The number of rotatable bonds is 8. The van der Waals surface area contributed by atoms with Crippen LogP contribution < -0.4 is 14.9 Å². The summed E-state index contributed by atoms with van der Waals surface area (Å²) in [5.41, 5.74) is 7.26. The molecule has 1 amide bonds. The zero-order valence-corrected chi connectivity index (χ0v) is 22.3. The number of aryl methyl sites for hydroxylation is 2. The van der Waals surface area contributed by atoms with Crippen molar-refractivity contribution in [1.82, 2.24) is 5.43 Å². The molecule has 0 aliphatic heterocycles. The number of benzene rings is 5. The minimum atomic E-state index is -0.470. The van der Waals surface area contributed by atoms with Gasteiger partial charge in [0, 0.05) is 11.1 Å². The van der Waals surface area contributed by atoms with Crippen molar-refractivity contribution in [3.8, 4) is 11.5 Å². The average Bonchev–Trinajstić information content (AvgIpc) is 2.98. The Morgan fingerprint density at radius 1 is 0.775 bits per heavy atom. The number of hydrogen-bond donors (Lipinski definition) is 1. The first kappa shape index (κ1) is 26.4. The van der Waals surface area contributed by atoms with E-state index in [1.807, 2.05) is 80.6 Å². The van der Waals surface area contributed by atoms with Crippen LogP contribution in [-0.4, -0.2) is 18.1 Å². The molecule has 0 saturated heterocycles. The number of amides is 1. The fraction of sp³-hybridized carbons (Fsp3) is 0.0882. The first-order chi connectivity index (χ1) is 19.5. The number of hydrogen-bond acceptors (Lipinski definition) is 5. The molecule has 5 rings (SSSR count). The second-order valence-electron chi connectivity index (χ2n) is 9.46. The van der Waals surface area contributed by atoms with Gasteiger partial charge in [-0.15, -0.1) is 0 Å². The summed E-state index contributed by atoms with van der Waals surface area (Å²) in [7, 11) is 0. The lowest BCUT2D eigenvalue weighted by Gasteiger charge is -2.11. The molecule has 0 saturated carbocycles. The monoisotopic (exact) mass is 528 g/mol. The van der Waals surface area contributed by atoms with Gasteiger partial charge in [-0.3, -0.25) is 4.79 Å². The maximum Gasteiger partial charge on any atom is 0.343 e. The Labute approximate surface area is 232 Å². The summed E-state index contributed by atoms with van der Waals surface area (Å²) in [5, 5.41) is 5.97. The van der Waals surface area contributed by atoms with Crippen LogP contribution in [0.4, 0.5) is 0 Å². The second-order valence-corrected chi connectivity index (χ2v) is 9.46. The van der Waals surface area contributed by atoms with Crippen LogP contribution in [0.15, 0.2) is 114 Å². The van der Waals surface area contributed by atoms with E-state index in [-0.39, 0.29) is 5.91 Å². The van der Waals surface area contributed by atoms with Gasteiger partial charge < -0.3 is 9.47 Å². The van der Waals surface area contributed by atoms with E-state index in [0.717, 1.165) is 21.9 Å². The van der Waals surface area contributed by atoms with E-state index in [0.29, 0.717) is 34.8 Å². The lowest BCUT2D eigenvalue weighted by Crippen LogP contribution is -2.17. The van der Waals surface area contributed by atoms with E-state index < -0.39 is 5.97 Å². The molecule has 0 aromatic heterocycles. The van der Waals surface area contributed by atoms with Crippen LogP contribution in [0.2, 0.25) is 0 Å². The number of hydrazone groups is 1. The highest BCUT2D eigenvalue weighted by Gasteiger charge is 2.14. The van der Waals surface area contributed by atoms with E-state index in [4.69, 9.17) is 9.47 Å². The van der Waals surface area contributed by atoms with Crippen molar-refractivity contribution in [3.05, 3.63) is 143 Å². The van der Waals surface area contributed by atoms with E-state index >= 15 is 0 Å². The molecule has 1 N–H and O–H groups in total. The first-order valence-corrected chi connectivity index (χ1v) is 12.9. The summed E-state index contributed by atoms with van der Waals surface area (Å²) in [6, 6.07) is 33.5. The molecule has 0 aliphatic rings. The third-order valence-electron chi connectivity index (χ3n) is 6.39. The number of nitrogens with one attached hydrogen (secondary N) is 1. The number of carbonyl (C=O) groups excluding carboxylic acids is 2. The molecule has 0 spiro atoms. The SMILES string of the molecule is Cc1ccc(COc2ccc(C(=O)NN=Cc3c(OC(=O)c4cccc(C)c4)ccc4ccccc34)cc2)cc1. The smallest absolute Gasteiger partial charge is 0.343 e. The normalized spacial score (nSPS) is 10.9.